The van der Waals surface area contributed by atoms with Gasteiger partial charge in [-0.1, -0.05) is 11.6 Å². The molecule has 2 rings (SSSR count). The molecule has 0 aromatic heterocycles. The number of hydrogen-bond donors (Lipinski definition) is 3. The molecule has 3 N–H and O–H groups in total. The first-order valence-corrected chi connectivity index (χ1v) is 7.78. The number of nitrogens with zero attached hydrogens (tertiary/aromatic N) is 1. The highest BCUT2D eigenvalue weighted by atomic mass is 35.5. The molecule has 2 amide bonds. The number of amides is 2. The van der Waals surface area contributed by atoms with Gasteiger partial charge in [0.1, 0.15) is 0 Å². The van der Waals surface area contributed by atoms with Crippen LogP contribution in [0.4, 0.5) is 27.5 Å². The Labute approximate surface area is 143 Å². The normalized spacial score (nSPS) is 11.4. The fraction of sp³-hybridized carbons (Fsp3) is 0. The second-order valence-corrected chi connectivity index (χ2v) is 5.50. The van der Waals surface area contributed by atoms with E-state index < -0.39 is 22.2 Å². The van der Waals surface area contributed by atoms with Crippen LogP contribution in [0.5, 0.6) is 0 Å². The zero-order chi connectivity index (χ0) is 17.7. The molecule has 1 unspecified atom stereocenters. The zero-order valence-electron chi connectivity index (χ0n) is 11.8. The molecular weight excluding hydrogens is 360 g/mol. The largest absolute Gasteiger partial charge is 0.755 e. The number of halogens is 1. The number of benzene rings is 2. The molecule has 126 valence electrons. The van der Waals surface area contributed by atoms with Crippen LogP contribution < -0.4 is 15.4 Å². The summed E-state index contributed by atoms with van der Waals surface area (Å²) >= 11 is 3.45. The minimum absolute atomic E-state index is 0.0865. The highest BCUT2D eigenvalue weighted by Gasteiger charge is 2.12. The van der Waals surface area contributed by atoms with Crippen molar-refractivity contribution in [1.29, 1.82) is 0 Å². The molecule has 2 aromatic carbocycles. The molecule has 2 aromatic rings. The van der Waals surface area contributed by atoms with Crippen molar-refractivity contribution >= 4 is 51.6 Å². The van der Waals surface area contributed by atoms with Gasteiger partial charge in [0, 0.05) is 34.8 Å². The van der Waals surface area contributed by atoms with Crippen molar-refractivity contribution in [2.45, 2.75) is 0 Å². The van der Waals surface area contributed by atoms with Crippen molar-refractivity contribution in [3.8, 4) is 0 Å². The summed E-state index contributed by atoms with van der Waals surface area (Å²) in [6.07, 6.45) is 0. The number of hydrogen-bond acceptors (Lipinski definition) is 5. The molecule has 0 spiro atoms. The zero-order valence-corrected chi connectivity index (χ0v) is 13.4. The fourth-order valence-electron chi connectivity index (χ4n) is 1.73. The Balaban J connectivity index is 2.04. The van der Waals surface area contributed by atoms with Gasteiger partial charge in [-0.2, -0.15) is 0 Å². The average Bonchev–Trinajstić information content (AvgIpc) is 2.50. The van der Waals surface area contributed by atoms with Crippen LogP contribution in [0.25, 0.3) is 0 Å². The lowest BCUT2D eigenvalue weighted by molar-refractivity contribution is -0.384. The summed E-state index contributed by atoms with van der Waals surface area (Å²) < 4.78 is 23.1. The highest BCUT2D eigenvalue weighted by Crippen LogP contribution is 2.26. The monoisotopic (exact) mass is 369 g/mol. The van der Waals surface area contributed by atoms with Crippen LogP contribution in [0.3, 0.4) is 0 Å². The van der Waals surface area contributed by atoms with Crippen molar-refractivity contribution < 1.29 is 18.5 Å². The minimum atomic E-state index is -2.44. The molecule has 24 heavy (non-hydrogen) atoms. The Hall–Kier alpha value is -2.69. The molecule has 0 aliphatic carbocycles. The Bertz CT molecular complexity index is 799. The third-order valence-corrected chi connectivity index (χ3v) is 3.48. The summed E-state index contributed by atoms with van der Waals surface area (Å²) in [5, 5.41) is 15.8. The van der Waals surface area contributed by atoms with Crippen molar-refractivity contribution in [2.75, 3.05) is 15.4 Å². The second kappa shape index (κ2) is 7.73. The summed E-state index contributed by atoms with van der Waals surface area (Å²) in [6, 6.07) is 8.85. The maximum absolute atomic E-state index is 11.9. The smallest absolute Gasteiger partial charge is 0.323 e. The number of non-ortho nitro benzene ring substituents is 1. The molecule has 0 fully saturated rings. The SMILES string of the molecule is O=C(Nc1ccc(NS(=O)[O-])cc1)Nc1cc([N+](=O)[O-])ccc1Cl. The van der Waals surface area contributed by atoms with Crippen LogP contribution in [0.1, 0.15) is 0 Å². The van der Waals surface area contributed by atoms with Gasteiger partial charge in [-0.25, -0.2) is 4.79 Å². The van der Waals surface area contributed by atoms with Crippen LogP contribution in [0.2, 0.25) is 5.02 Å². The molecule has 0 aliphatic heterocycles. The van der Waals surface area contributed by atoms with E-state index in [4.69, 9.17) is 11.6 Å². The fourth-order valence-corrected chi connectivity index (χ4v) is 2.22. The number of nitrogens with one attached hydrogen (secondary N) is 3. The standard InChI is InChI=1S/C13H11ClN4O5S/c14-11-6-5-10(18(20)21)7-12(11)16-13(19)15-8-1-3-9(4-2-8)17-24(22)23/h1-7,17H,(H,22,23)(H2,15,16,19)/p-1. The number of urea groups is 1. The number of carbonyl (C=O) groups is 1. The van der Waals surface area contributed by atoms with E-state index in [1.807, 2.05) is 0 Å². The molecule has 9 nitrogen and oxygen atoms in total. The summed E-state index contributed by atoms with van der Waals surface area (Å²) in [4.78, 5) is 22.0. The number of rotatable bonds is 5. The van der Waals surface area contributed by atoms with Gasteiger partial charge in [-0.15, -0.1) is 0 Å². The summed E-state index contributed by atoms with van der Waals surface area (Å²) in [6.45, 7) is 0. The third-order valence-electron chi connectivity index (χ3n) is 2.75. The van der Waals surface area contributed by atoms with Gasteiger partial charge >= 0.3 is 6.03 Å². The Morgan fingerprint density at radius 2 is 1.71 bits per heavy atom. The molecule has 0 aliphatic rings. The lowest BCUT2D eigenvalue weighted by Crippen LogP contribution is -2.19. The van der Waals surface area contributed by atoms with E-state index in [-0.39, 0.29) is 16.4 Å². The second-order valence-electron chi connectivity index (χ2n) is 4.41. The highest BCUT2D eigenvalue weighted by molar-refractivity contribution is 7.80. The van der Waals surface area contributed by atoms with E-state index in [2.05, 4.69) is 15.4 Å². The maximum atomic E-state index is 11.9. The van der Waals surface area contributed by atoms with Crippen molar-refractivity contribution in [1.82, 2.24) is 0 Å². The number of nitro groups is 1. The maximum Gasteiger partial charge on any atom is 0.323 e. The van der Waals surface area contributed by atoms with Crippen LogP contribution in [-0.2, 0) is 11.3 Å². The summed E-state index contributed by atoms with van der Waals surface area (Å²) in [5.74, 6) is 0. The Kier molecular flexibility index (Phi) is 5.68. The van der Waals surface area contributed by atoms with Crippen LogP contribution in [0.15, 0.2) is 42.5 Å². The predicted molar refractivity (Wildman–Crippen MR) is 89.7 cm³/mol. The van der Waals surface area contributed by atoms with Gasteiger partial charge in [-0.3, -0.25) is 14.3 Å². The Morgan fingerprint density at radius 3 is 2.29 bits per heavy atom. The number of anilines is 3. The van der Waals surface area contributed by atoms with Gasteiger partial charge in [0.25, 0.3) is 5.69 Å². The molecule has 0 heterocycles. The quantitative estimate of drug-likeness (QED) is 0.422. The van der Waals surface area contributed by atoms with Gasteiger partial charge < -0.3 is 19.9 Å². The first-order valence-electron chi connectivity index (χ1n) is 6.33. The van der Waals surface area contributed by atoms with E-state index in [0.717, 1.165) is 6.07 Å². The average molecular weight is 370 g/mol. The molecule has 0 saturated heterocycles. The molecule has 0 saturated carbocycles. The molecule has 1 atom stereocenters. The summed E-state index contributed by atoms with van der Waals surface area (Å²) in [7, 11) is 0. The van der Waals surface area contributed by atoms with Gasteiger partial charge in [0.05, 0.1) is 15.6 Å². The third kappa shape index (κ3) is 4.91. The molecule has 0 radical (unpaired) electrons. The van der Waals surface area contributed by atoms with Crippen LogP contribution in [-0.4, -0.2) is 19.7 Å². The van der Waals surface area contributed by atoms with Gasteiger partial charge in [0.2, 0.25) is 0 Å². The first-order chi connectivity index (χ1) is 11.3. The minimum Gasteiger partial charge on any atom is -0.755 e. The van der Waals surface area contributed by atoms with Crippen molar-refractivity contribution in [3.63, 3.8) is 0 Å². The molecule has 11 heteroatoms. The van der Waals surface area contributed by atoms with Crippen LogP contribution >= 0.6 is 11.6 Å². The number of carbonyl (C=O) groups excluding carboxylic acids is 1. The van der Waals surface area contributed by atoms with E-state index >= 15 is 0 Å². The first kappa shape index (κ1) is 17.7. The van der Waals surface area contributed by atoms with Gasteiger partial charge in [0.15, 0.2) is 0 Å². The molecular formula is C13H10ClN4O5S-. The van der Waals surface area contributed by atoms with Crippen LogP contribution in [0, 0.1) is 10.1 Å². The lowest BCUT2D eigenvalue weighted by Gasteiger charge is -2.11. The van der Waals surface area contributed by atoms with Crippen molar-refractivity contribution in [3.05, 3.63) is 57.6 Å². The van der Waals surface area contributed by atoms with E-state index in [1.165, 1.54) is 36.4 Å². The topological polar surface area (TPSA) is 136 Å². The molecule has 0 bridgehead atoms. The van der Waals surface area contributed by atoms with E-state index in [0.29, 0.717) is 11.4 Å². The number of nitro benzene ring substituents is 1. The van der Waals surface area contributed by atoms with Crippen molar-refractivity contribution in [2.24, 2.45) is 0 Å². The van der Waals surface area contributed by atoms with Gasteiger partial charge in [-0.05, 0) is 30.3 Å². The van der Waals surface area contributed by atoms with E-state index in [1.54, 1.807) is 0 Å². The summed E-state index contributed by atoms with van der Waals surface area (Å²) in [5.41, 5.74) is 0.589. The Morgan fingerprint density at radius 1 is 1.08 bits per heavy atom. The van der Waals surface area contributed by atoms with E-state index in [9.17, 15) is 23.7 Å². The predicted octanol–water partition coefficient (Wildman–Crippen LogP) is 3.10. The lowest BCUT2D eigenvalue weighted by atomic mass is 10.2.